The molecule has 1 rings (SSSR count). The summed E-state index contributed by atoms with van der Waals surface area (Å²) >= 11 is 0. The van der Waals surface area contributed by atoms with Gasteiger partial charge in [0.05, 0.1) is 25.8 Å². The van der Waals surface area contributed by atoms with Crippen LogP contribution in [-0.4, -0.2) is 37.2 Å². The van der Waals surface area contributed by atoms with E-state index < -0.39 is 0 Å². The summed E-state index contributed by atoms with van der Waals surface area (Å²) in [5, 5.41) is 0. The summed E-state index contributed by atoms with van der Waals surface area (Å²) in [6, 6.07) is 0. The van der Waals surface area contributed by atoms with E-state index >= 15 is 0 Å². The third kappa shape index (κ3) is 3.09. The fourth-order valence-corrected chi connectivity index (χ4v) is 0.905. The van der Waals surface area contributed by atoms with Gasteiger partial charge >= 0.3 is 0 Å². The van der Waals surface area contributed by atoms with Crippen molar-refractivity contribution < 1.29 is 4.74 Å². The first-order valence-corrected chi connectivity index (χ1v) is 3.57. The topological polar surface area (TPSA) is 15.8 Å². The molecule has 0 amide bonds. The Morgan fingerprint density at radius 2 is 1.91 bits per heavy atom. The highest BCUT2D eigenvalue weighted by atomic mass is 16.6. The zero-order chi connectivity index (χ0) is 8.10. The second-order valence-electron chi connectivity index (χ2n) is 2.53. The number of rotatable bonds is 4. The van der Waals surface area contributed by atoms with Crippen molar-refractivity contribution >= 4 is 0 Å². The summed E-state index contributed by atoms with van der Waals surface area (Å²) in [6.45, 7) is 2.95. The van der Waals surface area contributed by atoms with Gasteiger partial charge in [-0.05, 0) is 0 Å². The van der Waals surface area contributed by atoms with E-state index in [0.29, 0.717) is 19.2 Å². The van der Waals surface area contributed by atoms with Crippen LogP contribution in [0.2, 0.25) is 0 Å². The quantitative estimate of drug-likeness (QED) is 0.411. The minimum absolute atomic E-state index is 0.372. The molecule has 0 aliphatic carbocycles. The molecule has 0 aromatic carbocycles. The summed E-state index contributed by atoms with van der Waals surface area (Å²) in [6.07, 6.45) is 10.7. The van der Waals surface area contributed by atoms with Crippen molar-refractivity contribution in [2.24, 2.45) is 0 Å². The van der Waals surface area contributed by atoms with E-state index in [0.717, 1.165) is 13.2 Å². The van der Waals surface area contributed by atoms with Gasteiger partial charge in [0, 0.05) is 6.54 Å². The molecule has 2 nitrogen and oxygen atoms in total. The van der Waals surface area contributed by atoms with E-state index in [4.69, 9.17) is 17.6 Å². The molecule has 58 valence electrons. The van der Waals surface area contributed by atoms with Gasteiger partial charge in [-0.15, -0.1) is 12.8 Å². The van der Waals surface area contributed by atoms with Gasteiger partial charge in [-0.1, -0.05) is 11.8 Å². The van der Waals surface area contributed by atoms with Crippen molar-refractivity contribution in [3.05, 3.63) is 0 Å². The number of hydrogen-bond acceptors (Lipinski definition) is 2. The van der Waals surface area contributed by atoms with Crippen LogP contribution >= 0.6 is 0 Å². The summed E-state index contributed by atoms with van der Waals surface area (Å²) < 4.78 is 5.05. The number of epoxide rings is 1. The maximum atomic E-state index is 5.15. The van der Waals surface area contributed by atoms with Crippen LogP contribution in [0, 0.1) is 24.7 Å². The molecule has 1 saturated heterocycles. The normalized spacial score (nSPS) is 20.8. The third-order valence-electron chi connectivity index (χ3n) is 1.49. The van der Waals surface area contributed by atoms with Crippen LogP contribution in [-0.2, 0) is 4.74 Å². The number of ether oxygens (including phenoxy) is 1. The first kappa shape index (κ1) is 8.14. The molecule has 0 spiro atoms. The van der Waals surface area contributed by atoms with Gasteiger partial charge in [0.2, 0.25) is 0 Å². The fraction of sp³-hybridized carbons (Fsp3) is 0.556. The maximum absolute atomic E-state index is 5.15. The molecule has 0 aromatic rings. The van der Waals surface area contributed by atoms with Crippen molar-refractivity contribution in [3.63, 3.8) is 0 Å². The van der Waals surface area contributed by atoms with E-state index in [-0.39, 0.29) is 0 Å². The molecule has 1 aliphatic heterocycles. The van der Waals surface area contributed by atoms with E-state index in [2.05, 4.69) is 11.8 Å². The molecule has 0 aromatic heterocycles. The van der Waals surface area contributed by atoms with Crippen LogP contribution in [0.5, 0.6) is 0 Å². The van der Waals surface area contributed by atoms with Gasteiger partial charge in [-0.2, -0.15) is 0 Å². The Kier molecular flexibility index (Phi) is 2.98. The van der Waals surface area contributed by atoms with Gasteiger partial charge < -0.3 is 4.74 Å². The predicted octanol–water partition coefficient (Wildman–Crippen LogP) is -0.0464. The van der Waals surface area contributed by atoms with E-state index in [1.165, 1.54) is 0 Å². The summed E-state index contributed by atoms with van der Waals surface area (Å²) in [4.78, 5) is 2.03. The van der Waals surface area contributed by atoms with Crippen LogP contribution in [0.4, 0.5) is 0 Å². The highest BCUT2D eigenvalue weighted by molar-refractivity contribution is 4.95. The predicted molar refractivity (Wildman–Crippen MR) is 43.8 cm³/mol. The Balaban J connectivity index is 2.21. The molecule has 0 saturated carbocycles. The molecular weight excluding hydrogens is 138 g/mol. The molecule has 1 atom stereocenters. The molecule has 0 radical (unpaired) electrons. The van der Waals surface area contributed by atoms with Crippen LogP contribution in [0.1, 0.15) is 0 Å². The van der Waals surface area contributed by atoms with Crippen LogP contribution in [0.15, 0.2) is 0 Å². The van der Waals surface area contributed by atoms with Gasteiger partial charge in [0.15, 0.2) is 0 Å². The zero-order valence-electron chi connectivity index (χ0n) is 6.42. The first-order valence-electron chi connectivity index (χ1n) is 3.57. The number of nitrogens with zero attached hydrogens (tertiary/aromatic N) is 1. The largest absolute Gasteiger partial charge is 0.372 e. The standard InChI is InChI=1S/C9H11NO/c1-3-5-10(6-4-2)7-9-8-11-9/h1-2,9H,5-8H2. The minimum Gasteiger partial charge on any atom is -0.372 e. The molecule has 11 heavy (non-hydrogen) atoms. The maximum Gasteiger partial charge on any atom is 0.0937 e. The summed E-state index contributed by atoms with van der Waals surface area (Å²) in [7, 11) is 0. The molecule has 1 aliphatic rings. The van der Waals surface area contributed by atoms with Crippen LogP contribution < -0.4 is 0 Å². The molecule has 1 heterocycles. The SMILES string of the molecule is C#CCN(CC#C)CC1CO1. The highest BCUT2D eigenvalue weighted by Gasteiger charge is 2.24. The van der Waals surface area contributed by atoms with Crippen molar-refractivity contribution in [1.29, 1.82) is 0 Å². The van der Waals surface area contributed by atoms with Crippen LogP contribution in [0.3, 0.4) is 0 Å². The number of terminal acetylenes is 2. The smallest absolute Gasteiger partial charge is 0.0937 e. The lowest BCUT2D eigenvalue weighted by Gasteiger charge is -2.14. The molecule has 0 N–H and O–H groups in total. The van der Waals surface area contributed by atoms with E-state index in [9.17, 15) is 0 Å². The summed E-state index contributed by atoms with van der Waals surface area (Å²) in [5.74, 6) is 5.12. The van der Waals surface area contributed by atoms with Crippen molar-refractivity contribution in [2.45, 2.75) is 6.10 Å². The molecular formula is C9H11NO. The lowest BCUT2D eigenvalue weighted by Crippen LogP contribution is -2.28. The second-order valence-corrected chi connectivity index (χ2v) is 2.53. The van der Waals surface area contributed by atoms with Gasteiger partial charge in [-0.3, -0.25) is 4.90 Å². The molecule has 2 heteroatoms. The fourth-order valence-electron chi connectivity index (χ4n) is 0.905. The highest BCUT2D eigenvalue weighted by Crippen LogP contribution is 2.09. The van der Waals surface area contributed by atoms with E-state index in [1.54, 1.807) is 0 Å². The lowest BCUT2D eigenvalue weighted by molar-refractivity contribution is 0.290. The van der Waals surface area contributed by atoms with Crippen molar-refractivity contribution in [1.82, 2.24) is 4.90 Å². The van der Waals surface area contributed by atoms with Crippen molar-refractivity contribution in [3.8, 4) is 24.7 Å². The first-order chi connectivity index (χ1) is 5.36. The van der Waals surface area contributed by atoms with Gasteiger partial charge in [0.1, 0.15) is 0 Å². The minimum atomic E-state index is 0.372. The Bertz CT molecular complexity index is 179. The summed E-state index contributed by atoms with van der Waals surface area (Å²) in [5.41, 5.74) is 0. The average Bonchev–Trinajstić information content (AvgIpc) is 2.73. The number of hydrogen-bond donors (Lipinski definition) is 0. The Morgan fingerprint density at radius 3 is 2.27 bits per heavy atom. The molecule has 1 unspecified atom stereocenters. The van der Waals surface area contributed by atoms with E-state index in [1.807, 2.05) is 4.90 Å². The Labute approximate surface area is 67.5 Å². The average molecular weight is 149 g/mol. The monoisotopic (exact) mass is 149 g/mol. The Morgan fingerprint density at radius 1 is 1.36 bits per heavy atom. The van der Waals surface area contributed by atoms with Gasteiger partial charge in [-0.25, -0.2) is 0 Å². The second kappa shape index (κ2) is 4.03. The van der Waals surface area contributed by atoms with Crippen molar-refractivity contribution in [2.75, 3.05) is 26.2 Å². The Hall–Kier alpha value is -0.960. The molecule has 1 fully saturated rings. The van der Waals surface area contributed by atoms with Crippen LogP contribution in [0.25, 0.3) is 0 Å². The van der Waals surface area contributed by atoms with Gasteiger partial charge in [0.25, 0.3) is 0 Å². The zero-order valence-corrected chi connectivity index (χ0v) is 6.42. The third-order valence-corrected chi connectivity index (χ3v) is 1.49. The molecule has 0 bridgehead atoms. The lowest BCUT2D eigenvalue weighted by atomic mass is 10.4.